The van der Waals surface area contributed by atoms with Crippen molar-refractivity contribution >= 4 is 21.6 Å². The summed E-state index contributed by atoms with van der Waals surface area (Å²) in [5, 5.41) is 10.6. The predicted molar refractivity (Wildman–Crippen MR) is 73.9 cm³/mol. The number of methoxy groups -OCH3 is 1. The first-order chi connectivity index (χ1) is 9.10. The van der Waals surface area contributed by atoms with Crippen molar-refractivity contribution in [2.75, 3.05) is 7.11 Å². The Morgan fingerprint density at radius 1 is 1.11 bits per heavy atom. The van der Waals surface area contributed by atoms with Gasteiger partial charge in [-0.05, 0) is 46.3 Å². The molecule has 2 aromatic carbocycles. The van der Waals surface area contributed by atoms with Gasteiger partial charge in [-0.15, -0.1) is 0 Å². The molecule has 0 aliphatic heterocycles. The maximum atomic E-state index is 10.6. The molecule has 0 spiro atoms. The quantitative estimate of drug-likeness (QED) is 0.626. The van der Waals surface area contributed by atoms with Gasteiger partial charge in [0.25, 0.3) is 5.69 Å². The van der Waals surface area contributed by atoms with E-state index < -0.39 is 4.92 Å². The number of benzene rings is 2. The molecule has 0 aliphatic rings. The number of hydrogen-bond acceptors (Lipinski definition) is 4. The summed E-state index contributed by atoms with van der Waals surface area (Å²) in [6.07, 6.45) is 0. The number of halogens is 1. The van der Waals surface area contributed by atoms with Crippen molar-refractivity contribution in [3.05, 3.63) is 57.1 Å². The van der Waals surface area contributed by atoms with E-state index in [2.05, 4.69) is 15.9 Å². The predicted octanol–water partition coefficient (Wildman–Crippen LogP) is 4.16. The molecule has 0 radical (unpaired) electrons. The van der Waals surface area contributed by atoms with Gasteiger partial charge in [-0.1, -0.05) is 0 Å². The SMILES string of the molecule is COc1ccc(Oc2ccc([N+](=O)[O-])cc2Br)cc1. The smallest absolute Gasteiger partial charge is 0.270 e. The van der Waals surface area contributed by atoms with E-state index in [9.17, 15) is 10.1 Å². The number of non-ortho nitro benzene ring substituents is 1. The topological polar surface area (TPSA) is 61.6 Å². The van der Waals surface area contributed by atoms with Crippen LogP contribution in [0.3, 0.4) is 0 Å². The van der Waals surface area contributed by atoms with Gasteiger partial charge in [-0.25, -0.2) is 0 Å². The molecule has 0 N–H and O–H groups in total. The second-order valence-electron chi connectivity index (χ2n) is 3.65. The van der Waals surface area contributed by atoms with Gasteiger partial charge in [-0.3, -0.25) is 10.1 Å². The van der Waals surface area contributed by atoms with Gasteiger partial charge in [0.15, 0.2) is 0 Å². The fourth-order valence-electron chi connectivity index (χ4n) is 1.46. The van der Waals surface area contributed by atoms with E-state index in [-0.39, 0.29) is 5.69 Å². The summed E-state index contributed by atoms with van der Waals surface area (Å²) >= 11 is 3.25. The molecule has 0 fully saturated rings. The molecule has 0 bridgehead atoms. The zero-order chi connectivity index (χ0) is 13.8. The standard InChI is InChI=1S/C13H10BrNO4/c1-18-10-3-5-11(6-4-10)19-13-7-2-9(15(16)17)8-12(13)14/h2-8H,1H3. The van der Waals surface area contributed by atoms with E-state index in [0.29, 0.717) is 16.0 Å². The van der Waals surface area contributed by atoms with Crippen molar-refractivity contribution in [3.63, 3.8) is 0 Å². The largest absolute Gasteiger partial charge is 0.497 e. The summed E-state index contributed by atoms with van der Waals surface area (Å²) in [5.74, 6) is 1.86. The van der Waals surface area contributed by atoms with Crippen LogP contribution in [0.15, 0.2) is 46.9 Å². The molecular weight excluding hydrogens is 314 g/mol. The fourth-order valence-corrected chi connectivity index (χ4v) is 1.90. The third-order valence-electron chi connectivity index (χ3n) is 2.41. The Morgan fingerprint density at radius 2 is 1.74 bits per heavy atom. The first-order valence-corrected chi connectivity index (χ1v) is 6.15. The van der Waals surface area contributed by atoms with Crippen LogP contribution in [0.2, 0.25) is 0 Å². The first-order valence-electron chi connectivity index (χ1n) is 5.36. The molecule has 0 saturated carbocycles. The molecule has 0 amide bonds. The van der Waals surface area contributed by atoms with Crippen LogP contribution in [0.5, 0.6) is 17.2 Å². The number of ether oxygens (including phenoxy) is 2. The average molecular weight is 324 g/mol. The zero-order valence-electron chi connectivity index (χ0n) is 10.00. The van der Waals surface area contributed by atoms with Crippen molar-refractivity contribution < 1.29 is 14.4 Å². The Bertz CT molecular complexity index is 598. The molecule has 2 aromatic rings. The van der Waals surface area contributed by atoms with Crippen LogP contribution in [0.4, 0.5) is 5.69 Å². The highest BCUT2D eigenvalue weighted by atomic mass is 79.9. The lowest BCUT2D eigenvalue weighted by Crippen LogP contribution is -1.90. The van der Waals surface area contributed by atoms with Crippen molar-refractivity contribution in [1.82, 2.24) is 0 Å². The first kappa shape index (κ1) is 13.4. The van der Waals surface area contributed by atoms with E-state index in [1.165, 1.54) is 12.1 Å². The molecule has 6 heteroatoms. The Kier molecular flexibility index (Phi) is 4.01. The summed E-state index contributed by atoms with van der Waals surface area (Å²) in [5.41, 5.74) is 0.00829. The molecule has 0 atom stereocenters. The maximum absolute atomic E-state index is 10.6. The van der Waals surface area contributed by atoms with Gasteiger partial charge in [-0.2, -0.15) is 0 Å². The van der Waals surface area contributed by atoms with E-state index in [1.54, 1.807) is 37.4 Å². The van der Waals surface area contributed by atoms with Crippen LogP contribution in [0.1, 0.15) is 0 Å². The third-order valence-corrected chi connectivity index (χ3v) is 3.03. The summed E-state index contributed by atoms with van der Waals surface area (Å²) in [6.45, 7) is 0. The lowest BCUT2D eigenvalue weighted by atomic mass is 10.3. The second kappa shape index (κ2) is 5.71. The highest BCUT2D eigenvalue weighted by molar-refractivity contribution is 9.10. The number of rotatable bonds is 4. The molecule has 5 nitrogen and oxygen atoms in total. The van der Waals surface area contributed by atoms with Crippen LogP contribution in [0.25, 0.3) is 0 Å². The van der Waals surface area contributed by atoms with Gasteiger partial charge in [0.1, 0.15) is 17.2 Å². The molecule has 0 saturated heterocycles. The molecule has 0 unspecified atom stereocenters. The Morgan fingerprint density at radius 3 is 2.26 bits per heavy atom. The molecular formula is C13H10BrNO4. The van der Waals surface area contributed by atoms with Gasteiger partial charge in [0, 0.05) is 12.1 Å². The maximum Gasteiger partial charge on any atom is 0.270 e. The van der Waals surface area contributed by atoms with Crippen molar-refractivity contribution in [3.8, 4) is 17.2 Å². The van der Waals surface area contributed by atoms with E-state index in [4.69, 9.17) is 9.47 Å². The molecule has 0 heterocycles. The minimum atomic E-state index is -0.456. The van der Waals surface area contributed by atoms with Crippen LogP contribution in [-0.4, -0.2) is 12.0 Å². The van der Waals surface area contributed by atoms with E-state index in [1.807, 2.05) is 0 Å². The highest BCUT2D eigenvalue weighted by Crippen LogP contribution is 2.33. The monoisotopic (exact) mass is 323 g/mol. The fraction of sp³-hybridized carbons (Fsp3) is 0.0769. The van der Waals surface area contributed by atoms with Crippen LogP contribution in [-0.2, 0) is 0 Å². The summed E-state index contributed by atoms with van der Waals surface area (Å²) in [7, 11) is 1.59. The molecule has 0 aliphatic carbocycles. The number of nitro benzene ring substituents is 1. The number of nitrogens with zero attached hydrogens (tertiary/aromatic N) is 1. The third kappa shape index (κ3) is 3.23. The van der Waals surface area contributed by atoms with Crippen molar-refractivity contribution in [1.29, 1.82) is 0 Å². The lowest BCUT2D eigenvalue weighted by Gasteiger charge is -2.08. The minimum Gasteiger partial charge on any atom is -0.497 e. The minimum absolute atomic E-state index is 0.00829. The van der Waals surface area contributed by atoms with Gasteiger partial charge >= 0.3 is 0 Å². The molecule has 98 valence electrons. The summed E-state index contributed by atoms with van der Waals surface area (Å²) < 4.78 is 11.2. The normalized spacial score (nSPS) is 10.0. The average Bonchev–Trinajstić information content (AvgIpc) is 2.41. The summed E-state index contributed by atoms with van der Waals surface area (Å²) in [6, 6.07) is 11.4. The number of nitro groups is 1. The second-order valence-corrected chi connectivity index (χ2v) is 4.50. The van der Waals surface area contributed by atoms with Crippen LogP contribution >= 0.6 is 15.9 Å². The Balaban J connectivity index is 2.20. The van der Waals surface area contributed by atoms with Gasteiger partial charge in [0.2, 0.25) is 0 Å². The number of hydrogen-bond donors (Lipinski definition) is 0. The van der Waals surface area contributed by atoms with E-state index >= 15 is 0 Å². The van der Waals surface area contributed by atoms with Crippen molar-refractivity contribution in [2.24, 2.45) is 0 Å². The Labute approximate surface area is 118 Å². The molecule has 2 rings (SSSR count). The molecule has 0 aromatic heterocycles. The van der Waals surface area contributed by atoms with Crippen LogP contribution in [0, 0.1) is 10.1 Å². The van der Waals surface area contributed by atoms with Gasteiger partial charge < -0.3 is 9.47 Å². The van der Waals surface area contributed by atoms with Crippen LogP contribution < -0.4 is 9.47 Å². The Hall–Kier alpha value is -2.08. The van der Waals surface area contributed by atoms with Gasteiger partial charge in [0.05, 0.1) is 16.5 Å². The summed E-state index contributed by atoms with van der Waals surface area (Å²) in [4.78, 5) is 10.2. The van der Waals surface area contributed by atoms with E-state index in [0.717, 1.165) is 5.75 Å². The molecule has 19 heavy (non-hydrogen) atoms. The zero-order valence-corrected chi connectivity index (χ0v) is 11.6. The highest BCUT2D eigenvalue weighted by Gasteiger charge is 2.10. The van der Waals surface area contributed by atoms with Crippen molar-refractivity contribution in [2.45, 2.75) is 0 Å². The lowest BCUT2D eigenvalue weighted by molar-refractivity contribution is -0.384.